The Labute approximate surface area is 282 Å². The van der Waals surface area contributed by atoms with E-state index in [1.165, 1.54) is 67.4 Å². The third-order valence-corrected chi connectivity index (χ3v) is 27.3. The van der Waals surface area contributed by atoms with Crippen molar-refractivity contribution in [1.29, 1.82) is 0 Å². The van der Waals surface area contributed by atoms with Gasteiger partial charge in [0.15, 0.2) is 0 Å². The molecule has 0 amide bonds. The molecule has 0 N–H and O–H groups in total. The van der Waals surface area contributed by atoms with Crippen LogP contribution in [0.25, 0.3) is 0 Å². The molecule has 0 heterocycles. The average molecular weight is 746 g/mol. The van der Waals surface area contributed by atoms with E-state index in [1.54, 1.807) is 0 Å². The molecule has 238 valence electrons. The molecule has 0 aliphatic heterocycles. The molecule has 0 bridgehead atoms. The van der Waals surface area contributed by atoms with Crippen LogP contribution < -0.4 is 20.3 Å². The average Bonchev–Trinajstić information content (AvgIpc) is 3.09. The predicted octanol–water partition coefficient (Wildman–Crippen LogP) is 9.72. The van der Waals surface area contributed by atoms with Gasteiger partial charge in [0.25, 0.3) is 0 Å². The van der Waals surface area contributed by atoms with Crippen LogP contribution >= 0.6 is 11.6 Å². The van der Waals surface area contributed by atoms with Crippen LogP contribution in [0.4, 0.5) is 0 Å². The molecule has 0 unspecified atom stereocenters. The number of ether oxygens (including phenoxy) is 1. The summed E-state index contributed by atoms with van der Waals surface area (Å²) in [4.78, 5) is 0. The molecule has 0 saturated heterocycles. The molecule has 0 aliphatic carbocycles. The van der Waals surface area contributed by atoms with Gasteiger partial charge >= 0.3 is 285 Å². The van der Waals surface area contributed by atoms with Crippen molar-refractivity contribution in [2.45, 2.75) is 78.7 Å². The summed E-state index contributed by atoms with van der Waals surface area (Å²) in [6, 6.07) is 40.3. The zero-order valence-corrected chi connectivity index (χ0v) is 32.1. The maximum absolute atomic E-state index is 7.68. The van der Waals surface area contributed by atoms with Gasteiger partial charge in [-0.3, -0.25) is 0 Å². The number of rotatable bonds is 19. The normalized spacial score (nSPS) is 12.8. The van der Waals surface area contributed by atoms with Crippen molar-refractivity contribution in [3.05, 3.63) is 130 Å². The van der Waals surface area contributed by atoms with E-state index >= 15 is 0 Å². The molecule has 45 heavy (non-hydrogen) atoms. The first-order chi connectivity index (χ1) is 22.0. The first-order valence-corrected chi connectivity index (χ1v) is 27.0. The van der Waals surface area contributed by atoms with Crippen molar-refractivity contribution >= 4 is 53.9 Å². The van der Waals surface area contributed by atoms with Crippen molar-refractivity contribution in [2.75, 3.05) is 6.61 Å². The topological polar surface area (TPSA) is 18.5 Å². The fourth-order valence-corrected chi connectivity index (χ4v) is 24.9. The van der Waals surface area contributed by atoms with Crippen LogP contribution in [0.1, 0.15) is 59.3 Å². The summed E-state index contributed by atoms with van der Waals surface area (Å²) < 4.78 is 21.2. The van der Waals surface area contributed by atoms with Crippen molar-refractivity contribution in [2.24, 2.45) is 0 Å². The molecule has 4 rings (SSSR count). The van der Waals surface area contributed by atoms with Crippen LogP contribution in [0.15, 0.2) is 125 Å². The van der Waals surface area contributed by atoms with E-state index in [4.69, 9.17) is 20.8 Å². The van der Waals surface area contributed by atoms with Crippen molar-refractivity contribution in [3.8, 4) is 5.75 Å². The van der Waals surface area contributed by atoms with Gasteiger partial charge in [0.05, 0.1) is 0 Å². The summed E-state index contributed by atoms with van der Waals surface area (Å²) in [6.07, 6.45) is 9.98. The molecule has 0 spiro atoms. The Kier molecular flexibility index (Phi) is 14.8. The second-order valence-electron chi connectivity index (χ2n) is 12.2. The van der Waals surface area contributed by atoms with E-state index < -0.39 is 26.7 Å². The number of halogens is 1. The Morgan fingerprint density at radius 3 is 1.53 bits per heavy atom. The molecule has 1 atom stereocenters. The number of benzene rings is 4. The maximum atomic E-state index is 7.68. The Balaban J connectivity index is 1.85. The summed E-state index contributed by atoms with van der Waals surface area (Å²) in [5.41, 5.74) is 0. The van der Waals surface area contributed by atoms with Crippen LogP contribution in [0, 0.1) is 0 Å². The van der Waals surface area contributed by atoms with Crippen LogP contribution in [0.2, 0.25) is 18.3 Å². The molecule has 4 aromatic carbocycles. The van der Waals surface area contributed by atoms with Crippen LogP contribution in [0.5, 0.6) is 5.75 Å². The van der Waals surface area contributed by atoms with Crippen molar-refractivity contribution in [3.63, 3.8) is 0 Å². The monoisotopic (exact) mass is 746 g/mol. The molecule has 0 fully saturated rings. The van der Waals surface area contributed by atoms with Gasteiger partial charge in [0.2, 0.25) is 0 Å². The third-order valence-electron chi connectivity index (χ3n) is 8.83. The molecule has 5 heteroatoms. The standard InChI is InChI=1S/C28H24ClO2Si.3C4H9.Sn/c1-2-24(22-30-25-14-12-13-23(29)21-25)31-32(26-15-6-3-7-16-26,27-17-8-4-9-18-27)28-19-10-5-11-20-28;3*1-3-4-2;/h1-21,24H,22H2;3*1,3-4H2,2H3;/t24-;;;;/m1..../s1. The van der Waals surface area contributed by atoms with Gasteiger partial charge in [0.1, 0.15) is 0 Å². The van der Waals surface area contributed by atoms with Gasteiger partial charge in [-0.2, -0.15) is 0 Å². The van der Waals surface area contributed by atoms with Crippen LogP contribution in [0.3, 0.4) is 0 Å². The minimum absolute atomic E-state index is 0.225. The summed E-state index contributed by atoms with van der Waals surface area (Å²) in [6.45, 7) is 7.44. The summed E-state index contributed by atoms with van der Waals surface area (Å²) in [5, 5.41) is 4.39. The van der Waals surface area contributed by atoms with Crippen LogP contribution in [-0.2, 0) is 4.43 Å². The number of hydrogen-bond donors (Lipinski definition) is 0. The van der Waals surface area contributed by atoms with Crippen LogP contribution in [-0.4, -0.2) is 39.4 Å². The van der Waals surface area contributed by atoms with Gasteiger partial charge in [-0.1, -0.05) is 0 Å². The Bertz CT molecular complexity index is 1300. The van der Waals surface area contributed by atoms with Gasteiger partial charge in [-0.15, -0.1) is 0 Å². The molecule has 0 radical (unpaired) electrons. The zero-order chi connectivity index (χ0) is 31.8. The van der Waals surface area contributed by atoms with Gasteiger partial charge in [0, 0.05) is 0 Å². The Morgan fingerprint density at radius 2 is 1.11 bits per heavy atom. The van der Waals surface area contributed by atoms with Crippen molar-refractivity contribution < 1.29 is 9.16 Å². The van der Waals surface area contributed by atoms with Gasteiger partial charge < -0.3 is 0 Å². The SMILES string of the molecule is CCC[CH2][Sn](/[CH]=C/[C@H](COc1cccc(Cl)c1)O[Si](c1ccccc1)(c1ccccc1)c1ccccc1)([CH2]CCC)[CH2]CCC. The summed E-state index contributed by atoms with van der Waals surface area (Å²) in [7, 11) is -2.94. The Hall–Kier alpha value is -2.31. The third kappa shape index (κ3) is 10.1. The second-order valence-corrected chi connectivity index (χ2v) is 29.0. The fourth-order valence-electron chi connectivity index (χ4n) is 6.34. The first-order valence-electron chi connectivity index (χ1n) is 17.0. The molecule has 0 aromatic heterocycles. The molecule has 2 nitrogen and oxygen atoms in total. The van der Waals surface area contributed by atoms with Crippen molar-refractivity contribution in [1.82, 2.24) is 0 Å². The predicted molar refractivity (Wildman–Crippen MR) is 200 cm³/mol. The number of unbranched alkanes of at least 4 members (excludes halogenated alkanes) is 3. The van der Waals surface area contributed by atoms with E-state index in [0.29, 0.717) is 11.6 Å². The first kappa shape index (κ1) is 35.5. The molecule has 0 aliphatic rings. The summed E-state index contributed by atoms with van der Waals surface area (Å²) in [5.74, 6) is 0.772. The zero-order valence-electron chi connectivity index (χ0n) is 27.5. The summed E-state index contributed by atoms with van der Waals surface area (Å²) >= 11 is 3.75. The molecule has 0 saturated carbocycles. The van der Waals surface area contributed by atoms with E-state index in [9.17, 15) is 0 Å². The van der Waals surface area contributed by atoms with E-state index in [1.807, 2.05) is 24.3 Å². The number of hydrogen-bond acceptors (Lipinski definition) is 2. The van der Waals surface area contributed by atoms with Gasteiger partial charge in [-0.25, -0.2) is 0 Å². The van der Waals surface area contributed by atoms with E-state index in [2.05, 4.69) is 122 Å². The van der Waals surface area contributed by atoms with E-state index in [-0.39, 0.29) is 6.10 Å². The second kappa shape index (κ2) is 18.7. The quantitative estimate of drug-likeness (QED) is 0.0704. The minimum atomic E-state index is -2.94. The fraction of sp³-hybridized carbons (Fsp3) is 0.350. The van der Waals surface area contributed by atoms with Gasteiger partial charge in [-0.05, 0) is 0 Å². The van der Waals surface area contributed by atoms with E-state index in [0.717, 1.165) is 5.75 Å². The molecular weight excluding hydrogens is 695 g/mol. The Morgan fingerprint density at radius 1 is 0.644 bits per heavy atom. The molecular formula is C40H51ClO2SiSn. The molecule has 4 aromatic rings.